The van der Waals surface area contributed by atoms with E-state index in [2.05, 4.69) is 10.4 Å². The molecule has 1 N–H and O–H groups in total. The normalized spacial score (nSPS) is 10.6. The van der Waals surface area contributed by atoms with E-state index in [0.29, 0.717) is 42.0 Å². The fourth-order valence-electron chi connectivity index (χ4n) is 2.95. The maximum absolute atomic E-state index is 13.6. The number of hydrogen-bond acceptors (Lipinski definition) is 4. The first kappa shape index (κ1) is 20.3. The van der Waals surface area contributed by atoms with Crippen LogP contribution in [-0.4, -0.2) is 34.8 Å². The molecule has 6 nitrogen and oxygen atoms in total. The van der Waals surface area contributed by atoms with E-state index in [9.17, 15) is 14.0 Å². The van der Waals surface area contributed by atoms with Crippen molar-refractivity contribution in [1.29, 1.82) is 0 Å². The van der Waals surface area contributed by atoms with E-state index in [0.717, 1.165) is 5.69 Å². The average molecular weight is 395 g/mol. The molecule has 0 unspecified atom stereocenters. The van der Waals surface area contributed by atoms with Crippen LogP contribution in [0.15, 0.2) is 54.7 Å². The van der Waals surface area contributed by atoms with Gasteiger partial charge < -0.3 is 10.1 Å². The second-order valence-corrected chi connectivity index (χ2v) is 6.42. The first-order chi connectivity index (χ1) is 14.0. The number of esters is 1. The Morgan fingerprint density at radius 1 is 1.14 bits per heavy atom. The number of carbonyl (C=O) groups excluding carboxylic acids is 2. The Morgan fingerprint density at radius 2 is 1.86 bits per heavy atom. The zero-order chi connectivity index (χ0) is 20.8. The van der Waals surface area contributed by atoms with Gasteiger partial charge in [-0.25, -0.2) is 13.9 Å². The molecule has 0 aliphatic carbocycles. The van der Waals surface area contributed by atoms with Gasteiger partial charge in [0.05, 0.1) is 24.2 Å². The highest BCUT2D eigenvalue weighted by Crippen LogP contribution is 2.16. The molecular formula is C22H22FN3O3. The molecule has 1 amide bonds. The standard InChI is InChI=1S/C22H22FN3O3/c1-3-29-22(28)19-14-25-26(15(19)2)18-10-8-17(9-11-18)21(27)24-13-12-16-6-4-5-7-20(16)23/h4-11,14H,3,12-13H2,1-2H3,(H,24,27). The molecule has 0 aliphatic heterocycles. The van der Waals surface area contributed by atoms with Crippen LogP contribution in [-0.2, 0) is 11.2 Å². The van der Waals surface area contributed by atoms with Crippen molar-refractivity contribution in [3.05, 3.63) is 82.9 Å². The molecule has 0 atom stereocenters. The minimum Gasteiger partial charge on any atom is -0.462 e. The quantitative estimate of drug-likeness (QED) is 0.622. The van der Waals surface area contributed by atoms with Crippen LogP contribution < -0.4 is 5.32 Å². The van der Waals surface area contributed by atoms with Crippen molar-refractivity contribution < 1.29 is 18.7 Å². The molecule has 0 saturated heterocycles. The van der Waals surface area contributed by atoms with Crippen LogP contribution in [0.1, 0.15) is 38.9 Å². The molecule has 150 valence electrons. The highest BCUT2D eigenvalue weighted by Gasteiger charge is 2.16. The van der Waals surface area contributed by atoms with Crippen LogP contribution in [0, 0.1) is 12.7 Å². The molecule has 3 aromatic rings. The van der Waals surface area contributed by atoms with Gasteiger partial charge in [0.2, 0.25) is 0 Å². The number of nitrogens with one attached hydrogen (secondary N) is 1. The van der Waals surface area contributed by atoms with E-state index >= 15 is 0 Å². The summed E-state index contributed by atoms with van der Waals surface area (Å²) in [4.78, 5) is 24.2. The van der Waals surface area contributed by atoms with Crippen molar-refractivity contribution in [2.75, 3.05) is 13.2 Å². The van der Waals surface area contributed by atoms with Crippen molar-refractivity contribution in [2.45, 2.75) is 20.3 Å². The average Bonchev–Trinajstić information content (AvgIpc) is 3.11. The monoisotopic (exact) mass is 395 g/mol. The summed E-state index contributed by atoms with van der Waals surface area (Å²) in [5.41, 5.74) is 2.83. The van der Waals surface area contributed by atoms with Crippen LogP contribution in [0.3, 0.4) is 0 Å². The Kier molecular flexibility index (Phi) is 6.39. The van der Waals surface area contributed by atoms with Crippen LogP contribution in [0.25, 0.3) is 5.69 Å². The van der Waals surface area contributed by atoms with Crippen molar-refractivity contribution in [3.8, 4) is 5.69 Å². The first-order valence-corrected chi connectivity index (χ1v) is 9.35. The Bertz CT molecular complexity index is 1010. The number of benzene rings is 2. The van der Waals surface area contributed by atoms with E-state index in [1.165, 1.54) is 12.3 Å². The van der Waals surface area contributed by atoms with Crippen molar-refractivity contribution in [1.82, 2.24) is 15.1 Å². The van der Waals surface area contributed by atoms with E-state index in [1.807, 2.05) is 0 Å². The molecule has 29 heavy (non-hydrogen) atoms. The molecule has 0 saturated carbocycles. The zero-order valence-electron chi connectivity index (χ0n) is 16.3. The summed E-state index contributed by atoms with van der Waals surface area (Å²) in [5.74, 6) is -0.928. The maximum Gasteiger partial charge on any atom is 0.341 e. The van der Waals surface area contributed by atoms with Crippen LogP contribution in [0.5, 0.6) is 0 Å². The van der Waals surface area contributed by atoms with Crippen LogP contribution >= 0.6 is 0 Å². The Balaban J connectivity index is 1.63. The molecule has 0 radical (unpaired) electrons. The molecule has 1 heterocycles. The fourth-order valence-corrected chi connectivity index (χ4v) is 2.95. The van der Waals surface area contributed by atoms with Gasteiger partial charge in [0.1, 0.15) is 11.4 Å². The summed E-state index contributed by atoms with van der Waals surface area (Å²) in [6.07, 6.45) is 1.89. The third-order valence-electron chi connectivity index (χ3n) is 4.52. The Morgan fingerprint density at radius 3 is 2.55 bits per heavy atom. The number of nitrogens with zero attached hydrogens (tertiary/aromatic N) is 2. The summed E-state index contributed by atoms with van der Waals surface area (Å²) < 4.78 is 20.3. The van der Waals surface area contributed by atoms with Gasteiger partial charge in [0.15, 0.2) is 0 Å². The Labute approximate surface area is 168 Å². The van der Waals surface area contributed by atoms with Gasteiger partial charge in [-0.2, -0.15) is 5.10 Å². The van der Waals surface area contributed by atoms with Gasteiger partial charge in [-0.15, -0.1) is 0 Å². The maximum atomic E-state index is 13.6. The number of aromatic nitrogens is 2. The lowest BCUT2D eigenvalue weighted by Crippen LogP contribution is -2.25. The van der Waals surface area contributed by atoms with E-state index in [1.54, 1.807) is 61.0 Å². The number of halogens is 1. The van der Waals surface area contributed by atoms with Gasteiger partial charge in [-0.3, -0.25) is 4.79 Å². The SMILES string of the molecule is CCOC(=O)c1cnn(-c2ccc(C(=O)NCCc3ccccc3F)cc2)c1C. The molecule has 2 aromatic carbocycles. The predicted octanol–water partition coefficient (Wildman–Crippen LogP) is 3.47. The predicted molar refractivity (Wildman–Crippen MR) is 107 cm³/mol. The third kappa shape index (κ3) is 4.68. The summed E-state index contributed by atoms with van der Waals surface area (Å²) in [6, 6.07) is 13.4. The molecule has 7 heteroatoms. The number of ether oxygens (including phenoxy) is 1. The van der Waals surface area contributed by atoms with E-state index in [4.69, 9.17) is 4.74 Å². The molecule has 0 bridgehead atoms. The highest BCUT2D eigenvalue weighted by atomic mass is 19.1. The third-order valence-corrected chi connectivity index (χ3v) is 4.52. The summed E-state index contributed by atoms with van der Waals surface area (Å²) in [6.45, 7) is 4.16. The second-order valence-electron chi connectivity index (χ2n) is 6.42. The summed E-state index contributed by atoms with van der Waals surface area (Å²) in [5, 5.41) is 7.02. The van der Waals surface area contributed by atoms with Crippen molar-refractivity contribution in [3.63, 3.8) is 0 Å². The fraction of sp³-hybridized carbons (Fsp3) is 0.227. The van der Waals surface area contributed by atoms with E-state index < -0.39 is 5.97 Å². The summed E-state index contributed by atoms with van der Waals surface area (Å²) >= 11 is 0. The molecule has 1 aromatic heterocycles. The van der Waals surface area contributed by atoms with Gasteiger partial charge in [-0.05, 0) is 56.2 Å². The lowest BCUT2D eigenvalue weighted by atomic mass is 10.1. The number of rotatable bonds is 7. The lowest BCUT2D eigenvalue weighted by Gasteiger charge is -2.08. The number of hydrogen-bond donors (Lipinski definition) is 1. The number of carbonyl (C=O) groups is 2. The number of amides is 1. The lowest BCUT2D eigenvalue weighted by molar-refractivity contribution is 0.0525. The molecule has 0 aliphatic rings. The minimum absolute atomic E-state index is 0.239. The molecule has 0 spiro atoms. The van der Waals surface area contributed by atoms with Gasteiger partial charge in [0.25, 0.3) is 5.91 Å². The topological polar surface area (TPSA) is 73.2 Å². The largest absolute Gasteiger partial charge is 0.462 e. The zero-order valence-corrected chi connectivity index (χ0v) is 16.3. The van der Waals surface area contributed by atoms with Gasteiger partial charge in [0, 0.05) is 12.1 Å². The summed E-state index contributed by atoms with van der Waals surface area (Å²) in [7, 11) is 0. The van der Waals surface area contributed by atoms with Crippen LogP contribution in [0.2, 0.25) is 0 Å². The smallest absolute Gasteiger partial charge is 0.341 e. The molecule has 0 fully saturated rings. The van der Waals surface area contributed by atoms with Crippen molar-refractivity contribution in [2.24, 2.45) is 0 Å². The highest BCUT2D eigenvalue weighted by molar-refractivity contribution is 5.94. The van der Waals surface area contributed by atoms with Crippen molar-refractivity contribution >= 4 is 11.9 Å². The second kappa shape index (κ2) is 9.14. The Hall–Kier alpha value is -3.48. The van der Waals surface area contributed by atoms with Gasteiger partial charge >= 0.3 is 5.97 Å². The van der Waals surface area contributed by atoms with Crippen LogP contribution in [0.4, 0.5) is 4.39 Å². The first-order valence-electron chi connectivity index (χ1n) is 9.35. The molecule has 3 rings (SSSR count). The minimum atomic E-state index is -0.415. The van der Waals surface area contributed by atoms with Gasteiger partial charge in [-0.1, -0.05) is 18.2 Å². The molecular weight excluding hydrogens is 373 g/mol. The van der Waals surface area contributed by atoms with E-state index in [-0.39, 0.29) is 11.7 Å².